The van der Waals surface area contributed by atoms with Crippen LogP contribution < -0.4 is 24.0 Å². The van der Waals surface area contributed by atoms with E-state index in [1.165, 1.54) is 154 Å². The van der Waals surface area contributed by atoms with Gasteiger partial charge >= 0.3 is 0 Å². The molecule has 0 N–H and O–H groups in total. The highest BCUT2D eigenvalue weighted by Crippen LogP contribution is 2.71. The molecule has 30 rings (SSSR count). The van der Waals surface area contributed by atoms with Crippen LogP contribution in [0.1, 0.15) is 89.0 Å². The fraction of sp³-hybridized carbons (Fsp3) is 0.0303. The predicted octanol–water partition coefficient (Wildman–Crippen LogP) is 34.2. The Balaban J connectivity index is 0.000000133. The fourth-order valence-corrected chi connectivity index (χ4v) is 26.7. The first-order valence-electron chi connectivity index (χ1n) is 47.7. The highest BCUT2D eigenvalue weighted by Gasteiger charge is 2.58. The molecule has 0 aromatic heterocycles. The van der Waals surface area contributed by atoms with Gasteiger partial charge in [0, 0.05) is 82.0 Å². The van der Waals surface area contributed by atoms with E-state index in [-0.39, 0.29) is 0 Å². The quantitative estimate of drug-likeness (QED) is 0.151. The van der Waals surface area contributed by atoms with Gasteiger partial charge in [-0.15, -0.1) is 0 Å². The number of ether oxygens (including phenoxy) is 3. The lowest BCUT2D eigenvalue weighted by Crippen LogP contribution is -2.32. The Morgan fingerprint density at radius 2 is 0.478 bits per heavy atom. The molecule has 138 heavy (non-hydrogen) atoms. The first kappa shape index (κ1) is 78.2. The Morgan fingerprint density at radius 3 is 0.935 bits per heavy atom. The molecular formula is C132H82N2O3S. The van der Waals surface area contributed by atoms with Crippen LogP contribution in [0.25, 0.3) is 88.3 Å². The average Bonchev–Trinajstić information content (AvgIpc) is 1.50. The molecule has 644 valence electrons. The number of rotatable bonds is 8. The van der Waals surface area contributed by atoms with Crippen LogP contribution in [0, 0.1) is 0 Å². The van der Waals surface area contributed by atoms with Gasteiger partial charge in [0.1, 0.15) is 34.5 Å². The Labute approximate surface area is 804 Å². The zero-order valence-corrected chi connectivity index (χ0v) is 75.7. The molecule has 0 amide bonds. The number of hydrogen-bond acceptors (Lipinski definition) is 6. The molecule has 0 saturated carbocycles. The minimum atomic E-state index is -0.624. The van der Waals surface area contributed by atoms with Gasteiger partial charge in [-0.1, -0.05) is 400 Å². The summed E-state index contributed by atoms with van der Waals surface area (Å²) in [4.78, 5) is 7.73. The summed E-state index contributed by atoms with van der Waals surface area (Å²) in [5.74, 6) is 5.31. The van der Waals surface area contributed by atoms with Gasteiger partial charge in [0.25, 0.3) is 0 Å². The molecule has 4 spiro atoms. The summed E-state index contributed by atoms with van der Waals surface area (Å²) in [6.07, 6.45) is 0. The summed E-state index contributed by atoms with van der Waals surface area (Å²) < 4.78 is 20.3. The van der Waals surface area contributed by atoms with Crippen LogP contribution in [0.4, 0.5) is 34.1 Å². The number of benzene rings is 22. The summed E-state index contributed by atoms with van der Waals surface area (Å²) in [5.41, 5.74) is 38.6. The van der Waals surface area contributed by atoms with Crippen molar-refractivity contribution in [2.75, 3.05) is 9.80 Å². The van der Waals surface area contributed by atoms with Crippen molar-refractivity contribution in [1.29, 1.82) is 0 Å². The second-order valence-corrected chi connectivity index (χ2v) is 38.3. The lowest BCUT2D eigenvalue weighted by molar-refractivity contribution is 0.436. The SMILES string of the molecule is c1ccc(-c2ccc(N(c3cccc4c3-c3ccccc3C43c4ccccc4Oc4ccccc43)c3c4c(cc5ccccc35)C3(c5ccccc5Sc5ccccc53)c3ccccc3-4)cc2)cc1.c1ccc(-c2ccc(N(c3cccc4c3-c3ccccc3C43c4ccccc4Oc4ccccc43)c3cccc4cc5c(cc34)C3(c4ccccc4Oc4ccccc43)c3ccccc3-5)cc2)cc1. The van der Waals surface area contributed by atoms with E-state index in [1.54, 1.807) is 0 Å². The van der Waals surface area contributed by atoms with E-state index >= 15 is 0 Å². The minimum Gasteiger partial charge on any atom is -0.457 e. The fourth-order valence-electron chi connectivity index (χ4n) is 25.5. The summed E-state index contributed by atoms with van der Waals surface area (Å²) >= 11 is 1.89. The average molecular weight is 1780 g/mol. The van der Waals surface area contributed by atoms with Crippen molar-refractivity contribution in [3.8, 4) is 101 Å². The molecule has 4 aliphatic carbocycles. The molecule has 0 atom stereocenters. The molecule has 0 fully saturated rings. The molecule has 0 radical (unpaired) electrons. The third-order valence-electron chi connectivity index (χ3n) is 30.8. The van der Waals surface area contributed by atoms with Crippen LogP contribution in [0.15, 0.2) is 507 Å². The second-order valence-electron chi connectivity index (χ2n) is 37.2. The Bertz CT molecular complexity index is 8700. The molecule has 0 saturated heterocycles. The highest BCUT2D eigenvalue weighted by atomic mass is 32.2. The summed E-state index contributed by atoms with van der Waals surface area (Å²) in [6.45, 7) is 0. The van der Waals surface area contributed by atoms with Gasteiger partial charge in [-0.25, -0.2) is 0 Å². The van der Waals surface area contributed by atoms with Crippen molar-refractivity contribution in [1.82, 2.24) is 0 Å². The van der Waals surface area contributed by atoms with Gasteiger partial charge in [-0.2, -0.15) is 0 Å². The van der Waals surface area contributed by atoms with Crippen LogP contribution in [0.3, 0.4) is 0 Å². The first-order chi connectivity index (χ1) is 68.5. The second kappa shape index (κ2) is 30.1. The van der Waals surface area contributed by atoms with Crippen LogP contribution in [0.5, 0.6) is 34.5 Å². The number of hydrogen-bond donors (Lipinski definition) is 0. The highest BCUT2D eigenvalue weighted by molar-refractivity contribution is 7.99. The first-order valence-corrected chi connectivity index (χ1v) is 48.5. The summed E-state index contributed by atoms with van der Waals surface area (Å²) in [6, 6.07) is 183. The number of anilines is 6. The van der Waals surface area contributed by atoms with E-state index in [9.17, 15) is 0 Å². The molecule has 22 aromatic rings. The third-order valence-corrected chi connectivity index (χ3v) is 31.9. The van der Waals surface area contributed by atoms with Crippen molar-refractivity contribution in [3.63, 3.8) is 0 Å². The summed E-state index contributed by atoms with van der Waals surface area (Å²) in [7, 11) is 0. The predicted molar refractivity (Wildman–Crippen MR) is 562 cm³/mol. The molecule has 6 heteroatoms. The van der Waals surface area contributed by atoms with E-state index in [1.807, 2.05) is 11.8 Å². The maximum absolute atomic E-state index is 6.78. The monoisotopic (exact) mass is 1770 g/mol. The largest absolute Gasteiger partial charge is 0.457 e. The normalized spacial score (nSPS) is 14.3. The van der Waals surface area contributed by atoms with Crippen molar-refractivity contribution in [2.45, 2.75) is 31.5 Å². The van der Waals surface area contributed by atoms with E-state index in [2.05, 4.69) is 507 Å². The summed E-state index contributed by atoms with van der Waals surface area (Å²) in [5, 5.41) is 4.74. The van der Waals surface area contributed by atoms with Crippen molar-refractivity contribution in [2.24, 2.45) is 0 Å². The van der Waals surface area contributed by atoms with Crippen LogP contribution in [-0.2, 0) is 21.7 Å². The van der Waals surface area contributed by atoms with E-state index in [0.29, 0.717) is 0 Å². The standard InChI is InChI=1S/C66H41NO2.C66H41NOS/c1-2-18-42(19-3-1)43-36-38-45(39-37-43)67(59-31-17-29-56-64(59)47-22-5-7-24-51(47)65(56)52-25-8-12-32-60(52)68-61-33-13-9-26-53(61)65)58-30-16-20-44-40-49-46-21-4-6-23-50(46)66(57(49)41-48(44)58)54-27-10-14-34-62(54)69-63-35-15-11-28-55(63)66;1-2-19-42(20-3-1)43-37-39-45(40-38-43)67(57-32-18-31-55-62(57)47-23-6-8-25-49(47)65(55)51-27-10-14-33-58(51)68-59-34-15-11-28-52(59)65)64-46-22-5-4-21-44(46)41-56-63(64)48-24-7-9-26-50(48)66(56)53-29-12-16-35-60(53)69-61-36-17-13-30-54(61)66/h2*1-41H. The van der Waals surface area contributed by atoms with Gasteiger partial charge in [-0.05, 0) is 226 Å². The van der Waals surface area contributed by atoms with Gasteiger partial charge in [0.05, 0.1) is 44.4 Å². The lowest BCUT2D eigenvalue weighted by Gasteiger charge is -2.40. The molecule has 0 bridgehead atoms. The molecule has 4 aliphatic heterocycles. The molecule has 4 heterocycles. The van der Waals surface area contributed by atoms with Gasteiger partial charge < -0.3 is 24.0 Å². The zero-order valence-electron chi connectivity index (χ0n) is 74.9. The van der Waals surface area contributed by atoms with Crippen molar-refractivity contribution >= 4 is 67.4 Å². The zero-order chi connectivity index (χ0) is 90.5. The van der Waals surface area contributed by atoms with Gasteiger partial charge in [0.2, 0.25) is 0 Å². The number of para-hydroxylation sites is 6. The van der Waals surface area contributed by atoms with Gasteiger partial charge in [-0.3, -0.25) is 0 Å². The molecular weight excluding hydrogens is 1690 g/mol. The minimum absolute atomic E-state index is 0.559. The van der Waals surface area contributed by atoms with Crippen LogP contribution >= 0.6 is 11.8 Å². The molecule has 8 aliphatic rings. The van der Waals surface area contributed by atoms with E-state index in [0.717, 1.165) is 102 Å². The van der Waals surface area contributed by atoms with Gasteiger partial charge in [0.15, 0.2) is 0 Å². The third kappa shape index (κ3) is 10.7. The topological polar surface area (TPSA) is 34.2 Å². The van der Waals surface area contributed by atoms with Crippen molar-refractivity contribution in [3.05, 3.63) is 586 Å². The van der Waals surface area contributed by atoms with Crippen molar-refractivity contribution < 1.29 is 14.2 Å². The van der Waals surface area contributed by atoms with Crippen LogP contribution in [0.2, 0.25) is 0 Å². The Hall–Kier alpha value is -17.3. The van der Waals surface area contributed by atoms with Crippen LogP contribution in [-0.4, -0.2) is 0 Å². The molecule has 5 nitrogen and oxygen atoms in total. The smallest absolute Gasteiger partial charge is 0.132 e. The maximum Gasteiger partial charge on any atom is 0.132 e. The Morgan fingerprint density at radius 1 is 0.174 bits per heavy atom. The molecule has 22 aromatic carbocycles. The van der Waals surface area contributed by atoms with E-state index in [4.69, 9.17) is 14.2 Å². The number of fused-ring (bicyclic) bond motifs is 38. The lowest BCUT2D eigenvalue weighted by atomic mass is 9.66. The number of nitrogens with zero attached hydrogens (tertiary/aromatic N) is 2. The van der Waals surface area contributed by atoms with E-state index < -0.39 is 21.7 Å². The molecule has 0 unspecified atom stereocenters. The Kier molecular flexibility index (Phi) is 17.1. The maximum atomic E-state index is 6.78.